The molecule has 2 aliphatic rings. The SMILES string of the molecule is CCCCc1ccc(C2CCC(CCCC(=O)CCCC3CCC(c4ccc(CCCC)cc4)CC3)CC2)cc1. The Morgan fingerprint density at radius 1 is 0.550 bits per heavy atom. The van der Waals surface area contributed by atoms with Crippen LogP contribution < -0.4 is 0 Å². The first kappa shape index (κ1) is 31.1. The fourth-order valence-electron chi connectivity index (χ4n) is 7.54. The maximum atomic E-state index is 12.6. The molecule has 2 aliphatic carbocycles. The Balaban J connectivity index is 1.03. The highest BCUT2D eigenvalue weighted by Gasteiger charge is 2.24. The van der Waals surface area contributed by atoms with E-state index < -0.39 is 0 Å². The van der Waals surface area contributed by atoms with Crippen molar-refractivity contribution in [3.8, 4) is 0 Å². The van der Waals surface area contributed by atoms with Crippen molar-refractivity contribution >= 4 is 5.78 Å². The molecule has 4 rings (SSSR count). The zero-order valence-corrected chi connectivity index (χ0v) is 26.0. The van der Waals surface area contributed by atoms with Crippen LogP contribution >= 0.6 is 0 Å². The number of rotatable bonds is 16. The molecule has 0 aromatic heterocycles. The van der Waals surface area contributed by atoms with E-state index in [2.05, 4.69) is 62.4 Å². The first-order valence-corrected chi connectivity index (χ1v) is 17.3. The summed E-state index contributed by atoms with van der Waals surface area (Å²) in [5.74, 6) is 3.72. The quantitative estimate of drug-likeness (QED) is 0.206. The molecule has 0 bridgehead atoms. The number of Topliss-reactive ketones (excluding diaryl/α,β-unsaturated/α-hetero) is 1. The normalized spacial score (nSPS) is 23.2. The molecule has 0 amide bonds. The number of hydrogen-bond donors (Lipinski definition) is 0. The Labute approximate surface area is 246 Å². The predicted octanol–water partition coefficient (Wildman–Crippen LogP) is 11.5. The van der Waals surface area contributed by atoms with Crippen LogP contribution in [0.3, 0.4) is 0 Å². The van der Waals surface area contributed by atoms with E-state index in [1.807, 2.05) is 0 Å². The smallest absolute Gasteiger partial charge is 0.132 e. The molecule has 0 radical (unpaired) electrons. The highest BCUT2D eigenvalue weighted by Crippen LogP contribution is 2.39. The number of aryl methyl sites for hydroxylation is 2. The van der Waals surface area contributed by atoms with E-state index in [4.69, 9.17) is 0 Å². The number of carbonyl (C=O) groups excluding carboxylic acids is 1. The predicted molar refractivity (Wildman–Crippen MR) is 172 cm³/mol. The summed E-state index contributed by atoms with van der Waals surface area (Å²) < 4.78 is 0. The lowest BCUT2D eigenvalue weighted by Gasteiger charge is -2.29. The lowest BCUT2D eigenvalue weighted by atomic mass is 9.76. The van der Waals surface area contributed by atoms with Gasteiger partial charge >= 0.3 is 0 Å². The standard InChI is InChI=1S/C39H58O/c1-3-5-9-31-15-23-35(24-16-31)37-27-19-33(20-28-37)11-7-13-39(40)14-8-12-34-21-29-38(30-22-34)36-25-17-32(18-26-36)10-6-4-2/h15-18,23-26,33-34,37-38H,3-14,19-22,27-30H2,1-2H3. The monoisotopic (exact) mass is 542 g/mol. The third kappa shape index (κ3) is 10.2. The molecular formula is C39H58O. The molecule has 0 N–H and O–H groups in total. The average molecular weight is 543 g/mol. The van der Waals surface area contributed by atoms with Gasteiger partial charge in [-0.15, -0.1) is 0 Å². The van der Waals surface area contributed by atoms with Gasteiger partial charge in [-0.25, -0.2) is 0 Å². The number of unbranched alkanes of at least 4 members (excludes halogenated alkanes) is 2. The summed E-state index contributed by atoms with van der Waals surface area (Å²) in [7, 11) is 0. The second-order valence-corrected chi connectivity index (χ2v) is 13.4. The third-order valence-corrected chi connectivity index (χ3v) is 10.4. The molecule has 2 aromatic carbocycles. The number of benzene rings is 2. The molecule has 0 spiro atoms. The molecule has 220 valence electrons. The van der Waals surface area contributed by atoms with Gasteiger partial charge in [0, 0.05) is 12.8 Å². The highest BCUT2D eigenvalue weighted by molar-refractivity contribution is 5.78. The molecule has 0 aliphatic heterocycles. The van der Waals surface area contributed by atoms with E-state index in [9.17, 15) is 4.79 Å². The average Bonchev–Trinajstić information content (AvgIpc) is 3.00. The van der Waals surface area contributed by atoms with Crippen molar-refractivity contribution in [1.82, 2.24) is 0 Å². The summed E-state index contributed by atoms with van der Waals surface area (Å²) in [5, 5.41) is 0. The molecule has 2 fully saturated rings. The Kier molecular flexibility index (Phi) is 13.3. The maximum Gasteiger partial charge on any atom is 0.132 e. The van der Waals surface area contributed by atoms with Crippen LogP contribution in [0.15, 0.2) is 48.5 Å². The minimum Gasteiger partial charge on any atom is -0.300 e. The van der Waals surface area contributed by atoms with E-state index in [0.717, 1.165) is 49.4 Å². The summed E-state index contributed by atoms with van der Waals surface area (Å²) in [6, 6.07) is 19.0. The minimum absolute atomic E-state index is 0.522. The van der Waals surface area contributed by atoms with Gasteiger partial charge in [-0.3, -0.25) is 4.79 Å². The fourth-order valence-corrected chi connectivity index (χ4v) is 7.54. The van der Waals surface area contributed by atoms with Gasteiger partial charge in [0.15, 0.2) is 0 Å². The molecule has 1 nitrogen and oxygen atoms in total. The largest absolute Gasteiger partial charge is 0.300 e. The molecular weight excluding hydrogens is 484 g/mol. The Bertz CT molecular complexity index is 875. The Hall–Kier alpha value is -1.89. The van der Waals surface area contributed by atoms with Crippen LogP contribution in [0.2, 0.25) is 0 Å². The number of hydrogen-bond acceptors (Lipinski definition) is 1. The molecule has 0 heterocycles. The second-order valence-electron chi connectivity index (χ2n) is 13.4. The topological polar surface area (TPSA) is 17.1 Å². The molecule has 1 heteroatoms. The molecule has 0 atom stereocenters. The number of ketones is 1. The summed E-state index contributed by atoms with van der Waals surface area (Å²) in [6.45, 7) is 4.54. The van der Waals surface area contributed by atoms with Gasteiger partial charge in [0.05, 0.1) is 0 Å². The summed E-state index contributed by atoms with van der Waals surface area (Å²) in [6.07, 6.45) is 24.7. The first-order valence-electron chi connectivity index (χ1n) is 17.3. The lowest BCUT2D eigenvalue weighted by molar-refractivity contribution is -0.119. The Morgan fingerprint density at radius 3 is 1.27 bits per heavy atom. The van der Waals surface area contributed by atoms with Gasteiger partial charge in [-0.05, 0) is 136 Å². The molecule has 2 aromatic rings. The van der Waals surface area contributed by atoms with Crippen LogP contribution in [0.25, 0.3) is 0 Å². The van der Waals surface area contributed by atoms with Crippen molar-refractivity contribution in [2.45, 2.75) is 154 Å². The maximum absolute atomic E-state index is 12.6. The Morgan fingerprint density at radius 2 is 0.925 bits per heavy atom. The van der Waals surface area contributed by atoms with Gasteiger partial charge in [0.2, 0.25) is 0 Å². The second kappa shape index (κ2) is 17.2. The van der Waals surface area contributed by atoms with Crippen molar-refractivity contribution < 1.29 is 4.79 Å². The number of carbonyl (C=O) groups is 1. The molecule has 40 heavy (non-hydrogen) atoms. The lowest BCUT2D eigenvalue weighted by Crippen LogP contribution is -2.14. The van der Waals surface area contributed by atoms with E-state index in [1.54, 1.807) is 11.1 Å². The summed E-state index contributed by atoms with van der Waals surface area (Å²) >= 11 is 0. The molecule has 0 unspecified atom stereocenters. The van der Waals surface area contributed by atoms with Gasteiger partial charge < -0.3 is 0 Å². The van der Waals surface area contributed by atoms with Gasteiger partial charge in [0.1, 0.15) is 5.78 Å². The van der Waals surface area contributed by atoms with E-state index >= 15 is 0 Å². The summed E-state index contributed by atoms with van der Waals surface area (Å²) in [5.41, 5.74) is 6.10. The molecule has 2 saturated carbocycles. The van der Waals surface area contributed by atoms with E-state index in [-0.39, 0.29) is 0 Å². The minimum atomic E-state index is 0.522. The van der Waals surface area contributed by atoms with Crippen molar-refractivity contribution in [2.75, 3.05) is 0 Å². The van der Waals surface area contributed by atoms with E-state index in [0.29, 0.717) is 5.78 Å². The van der Waals surface area contributed by atoms with Crippen molar-refractivity contribution in [3.05, 3.63) is 70.8 Å². The zero-order valence-electron chi connectivity index (χ0n) is 26.0. The molecule has 0 saturated heterocycles. The van der Waals surface area contributed by atoms with Crippen molar-refractivity contribution in [1.29, 1.82) is 0 Å². The fraction of sp³-hybridized carbons (Fsp3) is 0.667. The van der Waals surface area contributed by atoms with Crippen LogP contribution in [0.5, 0.6) is 0 Å². The highest BCUT2D eigenvalue weighted by atomic mass is 16.1. The van der Waals surface area contributed by atoms with Gasteiger partial charge in [-0.1, -0.05) is 88.1 Å². The first-order chi connectivity index (χ1) is 19.6. The van der Waals surface area contributed by atoms with Crippen LogP contribution in [0.1, 0.15) is 164 Å². The zero-order chi connectivity index (χ0) is 28.0. The van der Waals surface area contributed by atoms with Gasteiger partial charge in [0.25, 0.3) is 0 Å². The van der Waals surface area contributed by atoms with Crippen LogP contribution in [0, 0.1) is 11.8 Å². The van der Waals surface area contributed by atoms with E-state index in [1.165, 1.54) is 114 Å². The third-order valence-electron chi connectivity index (χ3n) is 10.4. The van der Waals surface area contributed by atoms with Crippen LogP contribution in [-0.2, 0) is 17.6 Å². The van der Waals surface area contributed by atoms with Crippen molar-refractivity contribution in [3.63, 3.8) is 0 Å². The van der Waals surface area contributed by atoms with Gasteiger partial charge in [-0.2, -0.15) is 0 Å². The van der Waals surface area contributed by atoms with Crippen LogP contribution in [0.4, 0.5) is 0 Å². The summed E-state index contributed by atoms with van der Waals surface area (Å²) in [4.78, 5) is 12.6. The van der Waals surface area contributed by atoms with Crippen molar-refractivity contribution in [2.24, 2.45) is 11.8 Å². The van der Waals surface area contributed by atoms with Crippen LogP contribution in [-0.4, -0.2) is 5.78 Å².